The Hall–Kier alpha value is -1.34. The Balaban J connectivity index is 2.97. The summed E-state index contributed by atoms with van der Waals surface area (Å²) >= 11 is 4.38. The van der Waals surface area contributed by atoms with Gasteiger partial charge in [0, 0.05) is 22.7 Å². The molecule has 0 fully saturated rings. The van der Waals surface area contributed by atoms with Gasteiger partial charge in [-0.1, -0.05) is 22.5 Å². The third-order valence-electron chi connectivity index (χ3n) is 2.08. The topological polar surface area (TPSA) is 72.2 Å². The minimum atomic E-state index is -0.494. The Morgan fingerprint density at radius 3 is 2.78 bits per heavy atom. The third-order valence-corrected chi connectivity index (χ3v) is 3.14. The first-order valence-electron chi connectivity index (χ1n) is 4.89. The quantitative estimate of drug-likeness (QED) is 0.511. The van der Waals surface area contributed by atoms with Crippen LogP contribution in [0.5, 0.6) is 0 Å². The number of nitrogens with one attached hydrogen (secondary N) is 1. The fourth-order valence-electron chi connectivity index (χ4n) is 1.25. The van der Waals surface area contributed by atoms with E-state index in [1.807, 2.05) is 0 Å². The van der Waals surface area contributed by atoms with E-state index in [0.717, 1.165) is 0 Å². The molecule has 1 aromatic carbocycles. The maximum Gasteiger partial charge on any atom is 0.283 e. The van der Waals surface area contributed by atoms with Crippen LogP contribution in [-0.2, 0) is 0 Å². The summed E-state index contributed by atoms with van der Waals surface area (Å²) in [6, 6.07) is 4.41. The Bertz CT molecular complexity index is 505. The van der Waals surface area contributed by atoms with Crippen molar-refractivity contribution < 1.29 is 9.72 Å². The number of amides is 1. The van der Waals surface area contributed by atoms with Crippen LogP contribution >= 0.6 is 27.7 Å². The highest BCUT2D eigenvalue weighted by Crippen LogP contribution is 2.28. The van der Waals surface area contributed by atoms with Crippen molar-refractivity contribution in [2.45, 2.75) is 4.90 Å². The number of hydrogen-bond donors (Lipinski definition) is 1. The van der Waals surface area contributed by atoms with Gasteiger partial charge in [0.05, 0.1) is 9.82 Å². The van der Waals surface area contributed by atoms with Crippen LogP contribution in [0.2, 0.25) is 0 Å². The first-order valence-corrected chi connectivity index (χ1v) is 6.91. The molecule has 0 spiro atoms. The Labute approximate surface area is 117 Å². The van der Waals surface area contributed by atoms with E-state index in [-0.39, 0.29) is 23.7 Å². The maximum absolute atomic E-state index is 11.7. The van der Waals surface area contributed by atoms with Gasteiger partial charge in [-0.2, -0.15) is 0 Å². The Kier molecular flexibility index (Phi) is 5.36. The van der Waals surface area contributed by atoms with Gasteiger partial charge in [-0.25, -0.2) is 0 Å². The zero-order valence-electron chi connectivity index (χ0n) is 9.60. The van der Waals surface area contributed by atoms with Gasteiger partial charge < -0.3 is 5.32 Å². The molecule has 96 valence electrons. The van der Waals surface area contributed by atoms with E-state index in [0.29, 0.717) is 9.38 Å². The molecule has 1 N–H and O–H groups in total. The van der Waals surface area contributed by atoms with Crippen LogP contribution in [0, 0.1) is 10.1 Å². The van der Waals surface area contributed by atoms with Crippen LogP contribution in [0.1, 0.15) is 10.4 Å². The molecule has 1 amide bonds. The van der Waals surface area contributed by atoms with Crippen LogP contribution in [0.3, 0.4) is 0 Å². The highest BCUT2D eigenvalue weighted by atomic mass is 79.9. The number of nitro benzene ring substituents is 1. The number of hydrogen-bond acceptors (Lipinski definition) is 4. The summed E-state index contributed by atoms with van der Waals surface area (Å²) in [5.41, 5.74) is 0.195. The molecular weight excluding hydrogens is 320 g/mol. The van der Waals surface area contributed by atoms with Crippen LogP contribution in [0.4, 0.5) is 5.69 Å². The second-order valence-electron chi connectivity index (χ2n) is 3.34. The van der Waals surface area contributed by atoms with E-state index < -0.39 is 4.92 Å². The van der Waals surface area contributed by atoms with Crippen LogP contribution in [-0.4, -0.2) is 23.6 Å². The monoisotopic (exact) mass is 330 g/mol. The van der Waals surface area contributed by atoms with E-state index in [1.54, 1.807) is 18.4 Å². The van der Waals surface area contributed by atoms with Gasteiger partial charge in [0.1, 0.15) is 0 Å². The van der Waals surface area contributed by atoms with Crippen molar-refractivity contribution in [2.75, 3.05) is 12.8 Å². The number of rotatable bonds is 5. The number of carbonyl (C=O) groups is 1. The van der Waals surface area contributed by atoms with Gasteiger partial charge >= 0.3 is 0 Å². The lowest BCUT2D eigenvalue weighted by molar-refractivity contribution is -0.387. The van der Waals surface area contributed by atoms with Crippen molar-refractivity contribution in [1.82, 2.24) is 5.32 Å². The van der Waals surface area contributed by atoms with E-state index in [9.17, 15) is 14.9 Å². The molecule has 1 aromatic rings. The maximum atomic E-state index is 11.7. The number of benzene rings is 1. The zero-order valence-corrected chi connectivity index (χ0v) is 12.0. The summed E-state index contributed by atoms with van der Waals surface area (Å²) < 4.78 is 0.631. The van der Waals surface area contributed by atoms with Gasteiger partial charge in [-0.3, -0.25) is 14.9 Å². The van der Waals surface area contributed by atoms with E-state index >= 15 is 0 Å². The molecule has 0 bridgehead atoms. The van der Waals surface area contributed by atoms with E-state index in [1.165, 1.54) is 17.8 Å². The molecular formula is C11H11BrN2O3S. The first-order chi connectivity index (χ1) is 8.45. The van der Waals surface area contributed by atoms with Crippen LogP contribution in [0.25, 0.3) is 0 Å². The lowest BCUT2D eigenvalue weighted by atomic mass is 10.2. The molecule has 0 unspecified atom stereocenters. The largest absolute Gasteiger partial charge is 0.347 e. The van der Waals surface area contributed by atoms with Crippen molar-refractivity contribution in [3.63, 3.8) is 0 Å². The van der Waals surface area contributed by atoms with Gasteiger partial charge in [0.25, 0.3) is 11.6 Å². The summed E-state index contributed by atoms with van der Waals surface area (Å²) in [7, 11) is 0. The molecule has 5 nitrogen and oxygen atoms in total. The fraction of sp³-hybridized carbons (Fsp3) is 0.182. The molecule has 0 saturated carbocycles. The van der Waals surface area contributed by atoms with E-state index in [4.69, 9.17) is 0 Å². The molecule has 0 heterocycles. The number of thioether (sulfide) groups is 1. The predicted octanol–water partition coefficient (Wildman–Crippen LogP) is 2.96. The molecule has 7 heteroatoms. The Morgan fingerprint density at radius 2 is 2.28 bits per heavy atom. The molecule has 0 aromatic heterocycles. The molecule has 0 atom stereocenters. The molecule has 0 aliphatic rings. The molecule has 18 heavy (non-hydrogen) atoms. The van der Waals surface area contributed by atoms with Crippen molar-refractivity contribution in [1.29, 1.82) is 0 Å². The first kappa shape index (κ1) is 14.7. The molecule has 0 aliphatic heterocycles. The lowest BCUT2D eigenvalue weighted by Crippen LogP contribution is -2.24. The molecule has 0 radical (unpaired) electrons. The summed E-state index contributed by atoms with van der Waals surface area (Å²) in [6.07, 6.45) is 1.75. The van der Waals surface area contributed by atoms with Gasteiger partial charge in [0.15, 0.2) is 0 Å². The fourth-order valence-corrected chi connectivity index (χ4v) is 1.94. The number of carbonyl (C=O) groups excluding carboxylic acids is 1. The lowest BCUT2D eigenvalue weighted by Gasteiger charge is -2.05. The van der Waals surface area contributed by atoms with Gasteiger partial charge in [-0.05, 0) is 18.4 Å². The van der Waals surface area contributed by atoms with Crippen LogP contribution in [0.15, 0.2) is 34.2 Å². The highest BCUT2D eigenvalue weighted by Gasteiger charge is 2.16. The third kappa shape index (κ3) is 3.85. The number of nitro groups is 1. The molecule has 0 saturated heterocycles. The minimum Gasteiger partial charge on any atom is -0.347 e. The SMILES string of the molecule is C=C(Br)CNC(=O)c1ccc(SC)c([N+](=O)[O-])c1. The molecule has 0 aliphatic carbocycles. The normalized spacial score (nSPS) is 9.89. The van der Waals surface area contributed by atoms with Gasteiger partial charge in [0.2, 0.25) is 0 Å². The van der Waals surface area contributed by atoms with Crippen molar-refractivity contribution in [2.24, 2.45) is 0 Å². The van der Waals surface area contributed by atoms with Crippen molar-refractivity contribution >= 4 is 39.3 Å². The average Bonchev–Trinajstić information content (AvgIpc) is 2.34. The number of nitrogens with zero attached hydrogens (tertiary/aromatic N) is 1. The predicted molar refractivity (Wildman–Crippen MR) is 75.3 cm³/mol. The van der Waals surface area contributed by atoms with Crippen LogP contribution < -0.4 is 5.32 Å². The smallest absolute Gasteiger partial charge is 0.283 e. The standard InChI is InChI=1S/C11H11BrN2O3S/c1-7(12)6-13-11(15)8-3-4-10(18-2)9(5-8)14(16)17/h3-5H,1,6H2,2H3,(H,13,15). The average molecular weight is 331 g/mol. The second kappa shape index (κ2) is 6.55. The highest BCUT2D eigenvalue weighted by molar-refractivity contribution is 9.11. The zero-order chi connectivity index (χ0) is 13.7. The van der Waals surface area contributed by atoms with E-state index in [2.05, 4.69) is 27.8 Å². The summed E-state index contributed by atoms with van der Waals surface area (Å²) in [6.45, 7) is 3.86. The summed E-state index contributed by atoms with van der Waals surface area (Å²) in [5.74, 6) is -0.369. The molecule has 1 rings (SSSR count). The van der Waals surface area contributed by atoms with Gasteiger partial charge in [-0.15, -0.1) is 11.8 Å². The van der Waals surface area contributed by atoms with Crippen molar-refractivity contribution in [3.05, 3.63) is 44.9 Å². The number of halogens is 1. The Morgan fingerprint density at radius 1 is 1.61 bits per heavy atom. The van der Waals surface area contributed by atoms with Crippen molar-refractivity contribution in [3.8, 4) is 0 Å². The summed E-state index contributed by atoms with van der Waals surface area (Å²) in [5, 5.41) is 13.4. The second-order valence-corrected chi connectivity index (χ2v) is 5.31. The summed E-state index contributed by atoms with van der Waals surface area (Å²) in [4.78, 5) is 22.6. The minimum absolute atomic E-state index is 0.0622.